The largest absolute Gasteiger partial charge is 0.508 e. The number of aromatic hydroxyl groups is 1. The van der Waals surface area contributed by atoms with Crippen molar-refractivity contribution in [2.75, 3.05) is 19.6 Å². The second-order valence-electron chi connectivity index (χ2n) is 7.93. The molecule has 8 heteroatoms. The minimum Gasteiger partial charge on any atom is -0.508 e. The third kappa shape index (κ3) is 2.88. The van der Waals surface area contributed by atoms with Crippen LogP contribution in [0.5, 0.6) is 5.75 Å². The van der Waals surface area contributed by atoms with Crippen molar-refractivity contribution >= 4 is 5.91 Å². The molecule has 6 rings (SSSR count). The summed E-state index contributed by atoms with van der Waals surface area (Å²) in [6.07, 6.45) is 4.30. The first-order chi connectivity index (χ1) is 13.2. The van der Waals surface area contributed by atoms with Gasteiger partial charge in [0.1, 0.15) is 12.1 Å². The Morgan fingerprint density at radius 2 is 2.07 bits per heavy atom. The Bertz CT molecular complexity index is 817. The summed E-state index contributed by atoms with van der Waals surface area (Å²) < 4.78 is 1.61. The third-order valence-electron chi connectivity index (χ3n) is 6.56. The van der Waals surface area contributed by atoms with E-state index < -0.39 is 0 Å². The number of tetrazole rings is 1. The van der Waals surface area contributed by atoms with Crippen LogP contribution >= 0.6 is 0 Å². The standard InChI is InChI=1S/C19H24N6O2/c26-15-3-1-2-14(10-15)16-11-25(17(27)6-9-24-12-20-21-22-24)18-13-4-7-23(8-5-13)19(16)18/h1-3,10,12-13,16,18-19,26H,4-9,11H2/t16-,18+,19+/m0/s1. The lowest BCUT2D eigenvalue weighted by molar-refractivity contribution is -0.136. The molecule has 4 aliphatic rings. The number of likely N-dealkylation sites (tertiary alicyclic amines) is 1. The van der Waals surface area contributed by atoms with Crippen molar-refractivity contribution in [3.63, 3.8) is 0 Å². The summed E-state index contributed by atoms with van der Waals surface area (Å²) in [5.74, 6) is 1.31. The van der Waals surface area contributed by atoms with E-state index in [0.29, 0.717) is 30.7 Å². The number of rotatable bonds is 4. The molecule has 0 spiro atoms. The Balaban J connectivity index is 1.41. The molecule has 1 N–H and O–H groups in total. The van der Waals surface area contributed by atoms with Gasteiger partial charge in [0.15, 0.2) is 0 Å². The maximum Gasteiger partial charge on any atom is 0.224 e. The smallest absolute Gasteiger partial charge is 0.224 e. The molecule has 27 heavy (non-hydrogen) atoms. The van der Waals surface area contributed by atoms with E-state index in [1.54, 1.807) is 17.1 Å². The Labute approximate surface area is 157 Å². The first-order valence-electron chi connectivity index (χ1n) is 9.74. The highest BCUT2D eigenvalue weighted by atomic mass is 16.3. The molecule has 4 aliphatic heterocycles. The quantitative estimate of drug-likeness (QED) is 0.861. The number of carbonyl (C=O) groups is 1. The van der Waals surface area contributed by atoms with Gasteiger partial charge in [0.05, 0.1) is 12.6 Å². The topological polar surface area (TPSA) is 87.4 Å². The van der Waals surface area contributed by atoms with Crippen molar-refractivity contribution in [3.8, 4) is 5.75 Å². The van der Waals surface area contributed by atoms with Gasteiger partial charge in [0.25, 0.3) is 0 Å². The zero-order valence-electron chi connectivity index (χ0n) is 15.2. The molecular weight excluding hydrogens is 344 g/mol. The van der Waals surface area contributed by atoms with Gasteiger partial charge in [-0.2, -0.15) is 0 Å². The molecule has 1 amide bonds. The van der Waals surface area contributed by atoms with Crippen LogP contribution in [0.4, 0.5) is 0 Å². The van der Waals surface area contributed by atoms with Crippen LogP contribution in [-0.2, 0) is 11.3 Å². The van der Waals surface area contributed by atoms with Crippen LogP contribution in [0.3, 0.4) is 0 Å². The highest BCUT2D eigenvalue weighted by Gasteiger charge is 2.54. The minimum atomic E-state index is 0.178. The lowest BCUT2D eigenvalue weighted by atomic mass is 9.75. The number of carbonyl (C=O) groups excluding carboxylic acids is 1. The maximum atomic E-state index is 13.1. The van der Waals surface area contributed by atoms with Crippen LogP contribution in [0, 0.1) is 5.92 Å². The normalized spacial score (nSPS) is 31.9. The van der Waals surface area contributed by atoms with E-state index in [0.717, 1.165) is 25.2 Å². The molecule has 0 radical (unpaired) electrons. The number of phenolic OH excluding ortho intramolecular Hbond substituents is 1. The summed E-state index contributed by atoms with van der Waals surface area (Å²) in [6, 6.07) is 8.19. The molecule has 4 fully saturated rings. The van der Waals surface area contributed by atoms with Gasteiger partial charge in [-0.25, -0.2) is 4.68 Å². The van der Waals surface area contributed by atoms with E-state index in [1.165, 1.54) is 12.8 Å². The van der Waals surface area contributed by atoms with E-state index in [-0.39, 0.29) is 17.9 Å². The number of aromatic nitrogens is 4. The first kappa shape index (κ1) is 16.7. The molecular formula is C19H24N6O2. The average molecular weight is 368 g/mol. The number of benzene rings is 1. The lowest BCUT2D eigenvalue weighted by Gasteiger charge is -2.51. The van der Waals surface area contributed by atoms with E-state index in [4.69, 9.17) is 0 Å². The molecule has 0 unspecified atom stereocenters. The van der Waals surface area contributed by atoms with Crippen molar-refractivity contribution in [1.82, 2.24) is 30.0 Å². The number of piperidine rings is 3. The second kappa shape index (κ2) is 6.60. The number of fused-ring (bicyclic) bond motifs is 2. The number of nitrogens with zero attached hydrogens (tertiary/aromatic N) is 6. The zero-order valence-corrected chi connectivity index (χ0v) is 15.2. The molecule has 1 aromatic heterocycles. The van der Waals surface area contributed by atoms with Gasteiger partial charge in [0, 0.05) is 24.9 Å². The molecule has 0 aliphatic carbocycles. The number of phenols is 1. The summed E-state index contributed by atoms with van der Waals surface area (Å²) in [5.41, 5.74) is 1.13. The highest BCUT2D eigenvalue weighted by Crippen LogP contribution is 2.47. The summed E-state index contributed by atoms with van der Waals surface area (Å²) in [6.45, 7) is 3.47. The molecule has 2 bridgehead atoms. The molecule has 142 valence electrons. The Morgan fingerprint density at radius 1 is 1.22 bits per heavy atom. The van der Waals surface area contributed by atoms with Crippen LogP contribution in [0.2, 0.25) is 0 Å². The van der Waals surface area contributed by atoms with Crippen LogP contribution in [0.1, 0.15) is 30.7 Å². The average Bonchev–Trinajstić information content (AvgIpc) is 3.36. The summed E-state index contributed by atoms with van der Waals surface area (Å²) in [7, 11) is 0. The first-order valence-corrected chi connectivity index (χ1v) is 9.74. The molecule has 4 saturated heterocycles. The van der Waals surface area contributed by atoms with Gasteiger partial charge in [-0.05, 0) is 60.0 Å². The third-order valence-corrected chi connectivity index (χ3v) is 6.56. The maximum absolute atomic E-state index is 13.1. The summed E-state index contributed by atoms with van der Waals surface area (Å²) in [4.78, 5) is 17.8. The van der Waals surface area contributed by atoms with Crippen LogP contribution in [0.15, 0.2) is 30.6 Å². The Hall–Kier alpha value is -2.48. The predicted molar refractivity (Wildman–Crippen MR) is 96.9 cm³/mol. The van der Waals surface area contributed by atoms with Gasteiger partial charge in [0.2, 0.25) is 5.91 Å². The predicted octanol–water partition coefficient (Wildman–Crippen LogP) is 0.858. The van der Waals surface area contributed by atoms with Crippen molar-refractivity contribution in [2.45, 2.75) is 43.8 Å². The van der Waals surface area contributed by atoms with E-state index in [9.17, 15) is 9.90 Å². The zero-order chi connectivity index (χ0) is 18.4. The number of hydrogen-bond donors (Lipinski definition) is 1. The van der Waals surface area contributed by atoms with Crippen LogP contribution in [-0.4, -0.2) is 72.7 Å². The SMILES string of the molecule is O=C(CCn1cnnn1)N1C[C@@H](c2cccc(O)c2)[C@@H]2[C@H]1C1CCN2CC1. The fourth-order valence-corrected chi connectivity index (χ4v) is 5.39. The lowest BCUT2D eigenvalue weighted by Crippen LogP contribution is -2.60. The molecule has 1 aromatic carbocycles. The Morgan fingerprint density at radius 3 is 2.81 bits per heavy atom. The van der Waals surface area contributed by atoms with Crippen LogP contribution < -0.4 is 0 Å². The van der Waals surface area contributed by atoms with Gasteiger partial charge >= 0.3 is 0 Å². The number of hydrogen-bond acceptors (Lipinski definition) is 6. The summed E-state index contributed by atoms with van der Waals surface area (Å²) in [5, 5.41) is 21.1. The fraction of sp³-hybridized carbons (Fsp3) is 0.579. The molecule has 8 nitrogen and oxygen atoms in total. The van der Waals surface area contributed by atoms with Crippen molar-refractivity contribution in [1.29, 1.82) is 0 Å². The number of amides is 1. The molecule has 3 atom stereocenters. The van der Waals surface area contributed by atoms with Gasteiger partial charge in [-0.1, -0.05) is 12.1 Å². The Kier molecular flexibility index (Phi) is 4.07. The van der Waals surface area contributed by atoms with Gasteiger partial charge in [-0.15, -0.1) is 5.10 Å². The van der Waals surface area contributed by atoms with Crippen molar-refractivity contribution < 1.29 is 9.90 Å². The van der Waals surface area contributed by atoms with E-state index in [2.05, 4.69) is 31.4 Å². The molecule has 0 saturated carbocycles. The summed E-state index contributed by atoms with van der Waals surface area (Å²) >= 11 is 0. The molecule has 5 heterocycles. The van der Waals surface area contributed by atoms with Gasteiger partial charge in [-0.3, -0.25) is 9.69 Å². The molecule has 2 aromatic rings. The van der Waals surface area contributed by atoms with Crippen molar-refractivity contribution in [2.24, 2.45) is 5.92 Å². The second-order valence-corrected chi connectivity index (χ2v) is 7.93. The van der Waals surface area contributed by atoms with Gasteiger partial charge < -0.3 is 10.0 Å². The van der Waals surface area contributed by atoms with E-state index in [1.807, 2.05) is 12.1 Å². The number of aryl methyl sites for hydroxylation is 1. The van der Waals surface area contributed by atoms with Crippen LogP contribution in [0.25, 0.3) is 0 Å². The highest BCUT2D eigenvalue weighted by molar-refractivity contribution is 5.77. The monoisotopic (exact) mass is 368 g/mol. The fourth-order valence-electron chi connectivity index (χ4n) is 5.39. The van der Waals surface area contributed by atoms with Crippen molar-refractivity contribution in [3.05, 3.63) is 36.2 Å². The minimum absolute atomic E-state index is 0.178. The van der Waals surface area contributed by atoms with E-state index >= 15 is 0 Å².